The maximum atomic E-state index is 10.3. The molecule has 12 heavy (non-hydrogen) atoms. The molecular weight excluding hydrogens is 164 g/mol. The average molecular weight is 174 g/mol. The molecule has 0 aromatic rings. The molecule has 0 radical (unpaired) electrons. The molecule has 0 aromatic carbocycles. The van der Waals surface area contributed by atoms with E-state index in [4.69, 9.17) is 5.11 Å². The van der Waals surface area contributed by atoms with Gasteiger partial charge in [0.05, 0.1) is 5.97 Å². The number of carboxylic acid groups (broad SMARTS) is 2. The highest BCUT2D eigenvalue weighted by Gasteiger charge is 2.24. The molecule has 0 fully saturated rings. The quantitative estimate of drug-likeness (QED) is 0.493. The smallest absolute Gasteiger partial charge is 0.102 e. The molecule has 0 amide bonds. The lowest BCUT2D eigenvalue weighted by atomic mass is 9.90. The van der Waals surface area contributed by atoms with Crippen LogP contribution in [0, 0.1) is 11.8 Å². The van der Waals surface area contributed by atoms with Gasteiger partial charge in [-0.3, -0.25) is 0 Å². The maximum absolute atomic E-state index is 10.3. The van der Waals surface area contributed by atoms with Gasteiger partial charge < -0.3 is 24.9 Å². The molecule has 2 atom stereocenters. The summed E-state index contributed by atoms with van der Waals surface area (Å²) in [4.78, 5) is 20.4. The highest BCUT2D eigenvalue weighted by molar-refractivity contribution is 5.79. The zero-order chi connectivity index (χ0) is 9.89. The number of aliphatic carboxylic acids is 2. The number of hydrogen-bond acceptors (Lipinski definition) is 5. The van der Waals surface area contributed by atoms with E-state index in [9.17, 15) is 19.8 Å². The van der Waals surface area contributed by atoms with Crippen LogP contribution in [-0.4, -0.2) is 23.1 Å². The van der Waals surface area contributed by atoms with Crippen molar-refractivity contribution in [1.82, 2.24) is 0 Å². The number of carboxylic acids is 2. The second-order valence-electron chi connectivity index (χ2n) is 2.85. The molecule has 0 spiro atoms. The fourth-order valence-electron chi connectivity index (χ4n) is 0.912. The molecular formula is C7H10O5-2. The van der Waals surface area contributed by atoms with Crippen molar-refractivity contribution in [3.05, 3.63) is 0 Å². The molecule has 70 valence electrons. The normalized spacial score (nSPS) is 15.7. The summed E-state index contributed by atoms with van der Waals surface area (Å²) < 4.78 is 0. The maximum Gasteiger partial charge on any atom is 0.102 e. The van der Waals surface area contributed by atoms with Crippen LogP contribution in [0.5, 0.6) is 0 Å². The zero-order valence-electron chi connectivity index (χ0n) is 6.81. The molecule has 1 N–H and O–H groups in total. The molecule has 2 unspecified atom stereocenters. The Hall–Kier alpha value is -1.10. The Morgan fingerprint density at radius 2 is 1.58 bits per heavy atom. The third kappa shape index (κ3) is 2.50. The van der Waals surface area contributed by atoms with E-state index in [1.54, 1.807) is 0 Å². The predicted molar refractivity (Wildman–Crippen MR) is 34.3 cm³/mol. The highest BCUT2D eigenvalue weighted by atomic mass is 16.4. The highest BCUT2D eigenvalue weighted by Crippen LogP contribution is 2.14. The summed E-state index contributed by atoms with van der Waals surface area (Å²) in [6.07, 6.45) is -2.00. The lowest BCUT2D eigenvalue weighted by Crippen LogP contribution is -2.49. The second kappa shape index (κ2) is 4.06. The first kappa shape index (κ1) is 10.9. The summed E-state index contributed by atoms with van der Waals surface area (Å²) in [7, 11) is 0. The van der Waals surface area contributed by atoms with Crippen molar-refractivity contribution in [2.24, 2.45) is 11.8 Å². The van der Waals surface area contributed by atoms with Crippen LogP contribution < -0.4 is 10.2 Å². The van der Waals surface area contributed by atoms with Gasteiger partial charge in [-0.2, -0.15) is 0 Å². The number of carbonyl (C=O) groups is 2. The third-order valence-electron chi connectivity index (χ3n) is 1.57. The van der Waals surface area contributed by atoms with Gasteiger partial charge >= 0.3 is 0 Å². The average Bonchev–Trinajstić information content (AvgIpc) is 1.85. The number of rotatable bonds is 4. The number of aliphatic hydroxyl groups is 1. The minimum atomic E-state index is -2.00. The van der Waals surface area contributed by atoms with E-state index in [2.05, 4.69) is 0 Å². The molecule has 0 aliphatic carbocycles. The van der Waals surface area contributed by atoms with E-state index in [1.807, 2.05) is 0 Å². The van der Waals surface area contributed by atoms with Gasteiger partial charge in [-0.1, -0.05) is 13.8 Å². The summed E-state index contributed by atoms with van der Waals surface area (Å²) in [6, 6.07) is 0. The summed E-state index contributed by atoms with van der Waals surface area (Å²) in [5.41, 5.74) is 0. The van der Waals surface area contributed by atoms with Crippen LogP contribution in [0.1, 0.15) is 13.8 Å². The van der Waals surface area contributed by atoms with E-state index in [0.717, 1.165) is 0 Å². The van der Waals surface area contributed by atoms with Crippen molar-refractivity contribution in [3.63, 3.8) is 0 Å². The molecule has 0 saturated carbocycles. The van der Waals surface area contributed by atoms with Gasteiger partial charge in [-0.25, -0.2) is 0 Å². The number of carbonyl (C=O) groups excluding carboxylic acids is 2. The molecule has 0 bridgehead atoms. The van der Waals surface area contributed by atoms with E-state index in [-0.39, 0.29) is 0 Å². The van der Waals surface area contributed by atoms with Crippen molar-refractivity contribution in [2.45, 2.75) is 20.0 Å². The number of aliphatic hydroxyl groups excluding tert-OH is 1. The molecule has 0 heterocycles. The summed E-state index contributed by atoms with van der Waals surface area (Å²) in [5, 5.41) is 29.3. The van der Waals surface area contributed by atoms with Crippen LogP contribution in [0.15, 0.2) is 0 Å². The lowest BCUT2D eigenvalue weighted by molar-refractivity contribution is -0.331. The Morgan fingerprint density at radius 3 is 1.67 bits per heavy atom. The van der Waals surface area contributed by atoms with Gasteiger partial charge in [0.15, 0.2) is 0 Å². The molecule has 0 aliphatic rings. The third-order valence-corrected chi connectivity index (χ3v) is 1.57. The Labute approximate surface area is 69.6 Å². The van der Waals surface area contributed by atoms with Crippen molar-refractivity contribution < 1.29 is 24.9 Å². The van der Waals surface area contributed by atoms with E-state index in [1.165, 1.54) is 13.8 Å². The van der Waals surface area contributed by atoms with Gasteiger partial charge in [0.2, 0.25) is 0 Å². The van der Waals surface area contributed by atoms with Crippen LogP contribution in [0.2, 0.25) is 0 Å². The first-order valence-corrected chi connectivity index (χ1v) is 3.47. The van der Waals surface area contributed by atoms with Gasteiger partial charge in [0.25, 0.3) is 0 Å². The van der Waals surface area contributed by atoms with Crippen molar-refractivity contribution in [2.75, 3.05) is 0 Å². The van der Waals surface area contributed by atoms with Crippen molar-refractivity contribution in [3.8, 4) is 0 Å². The van der Waals surface area contributed by atoms with Gasteiger partial charge in [0.1, 0.15) is 6.10 Å². The number of hydrogen-bond donors (Lipinski definition) is 1. The van der Waals surface area contributed by atoms with E-state index >= 15 is 0 Å². The van der Waals surface area contributed by atoms with Gasteiger partial charge in [0, 0.05) is 11.9 Å². The summed E-state index contributed by atoms with van der Waals surface area (Å²) >= 11 is 0. The molecule has 0 aromatic heterocycles. The monoisotopic (exact) mass is 174 g/mol. The first-order valence-electron chi connectivity index (χ1n) is 3.47. The molecule has 0 aliphatic heterocycles. The fraction of sp³-hybridized carbons (Fsp3) is 0.714. The predicted octanol–water partition coefficient (Wildman–Crippen LogP) is -2.88. The minimum Gasteiger partial charge on any atom is -0.550 e. The van der Waals surface area contributed by atoms with Crippen LogP contribution in [0.25, 0.3) is 0 Å². The van der Waals surface area contributed by atoms with Gasteiger partial charge in [-0.15, -0.1) is 0 Å². The van der Waals surface area contributed by atoms with Crippen molar-refractivity contribution >= 4 is 11.9 Å². The fourth-order valence-corrected chi connectivity index (χ4v) is 0.912. The van der Waals surface area contributed by atoms with Crippen LogP contribution in [-0.2, 0) is 9.59 Å². The van der Waals surface area contributed by atoms with Gasteiger partial charge in [-0.05, 0) is 5.92 Å². The van der Waals surface area contributed by atoms with E-state index < -0.39 is 29.9 Å². The van der Waals surface area contributed by atoms with Crippen molar-refractivity contribution in [1.29, 1.82) is 0 Å². The first-order chi connectivity index (χ1) is 5.37. The Morgan fingerprint density at radius 1 is 1.17 bits per heavy atom. The Balaban J connectivity index is 4.51. The topological polar surface area (TPSA) is 100 Å². The Bertz CT molecular complexity index is 186. The zero-order valence-corrected chi connectivity index (χ0v) is 6.81. The van der Waals surface area contributed by atoms with Crippen LogP contribution in [0.3, 0.4) is 0 Å². The summed E-state index contributed by atoms with van der Waals surface area (Å²) in [5.74, 6) is -5.31. The molecule has 0 rings (SSSR count). The largest absolute Gasteiger partial charge is 0.550 e. The Kier molecular flexibility index (Phi) is 3.69. The summed E-state index contributed by atoms with van der Waals surface area (Å²) in [6.45, 7) is 2.96. The molecule has 0 saturated heterocycles. The lowest BCUT2D eigenvalue weighted by Gasteiger charge is -2.27. The van der Waals surface area contributed by atoms with Crippen LogP contribution in [0.4, 0.5) is 0 Å². The molecule has 5 nitrogen and oxygen atoms in total. The SMILES string of the molecule is CC(C)C(C(=O)[O-])C(O)C(=O)[O-]. The molecule has 5 heteroatoms. The minimum absolute atomic E-state index is 0.511. The second-order valence-corrected chi connectivity index (χ2v) is 2.85. The standard InChI is InChI=1S/C7H12O5/c1-3(2)4(6(9)10)5(8)7(11)12/h3-5,8H,1-2H3,(H,9,10)(H,11,12)/p-2. The van der Waals surface area contributed by atoms with Crippen LogP contribution >= 0.6 is 0 Å². The van der Waals surface area contributed by atoms with E-state index in [0.29, 0.717) is 0 Å².